The third-order valence-electron chi connectivity index (χ3n) is 4.97. The topological polar surface area (TPSA) is 144 Å². The van der Waals surface area contributed by atoms with Crippen molar-refractivity contribution in [2.45, 2.75) is 31.5 Å². The van der Waals surface area contributed by atoms with Gasteiger partial charge in [-0.2, -0.15) is 0 Å². The number of hydrogen-bond donors (Lipinski definition) is 3. The van der Waals surface area contributed by atoms with Crippen LogP contribution in [0, 0.1) is 0 Å². The molecule has 1 aliphatic carbocycles. The van der Waals surface area contributed by atoms with Crippen molar-refractivity contribution in [2.75, 3.05) is 10.6 Å². The highest BCUT2D eigenvalue weighted by Gasteiger charge is 2.48. The van der Waals surface area contributed by atoms with Crippen LogP contribution in [-0.4, -0.2) is 47.7 Å². The minimum Gasteiger partial charge on any atom is -0.441 e. The van der Waals surface area contributed by atoms with Gasteiger partial charge in [0.1, 0.15) is 16.9 Å². The van der Waals surface area contributed by atoms with Gasteiger partial charge in [-0.25, -0.2) is 14.5 Å². The van der Waals surface area contributed by atoms with E-state index in [1.54, 1.807) is 44.4 Å². The number of rotatable bonds is 6. The van der Waals surface area contributed by atoms with Crippen molar-refractivity contribution in [3.8, 4) is 11.4 Å². The average molecular weight is 458 g/mol. The predicted octanol–water partition coefficient (Wildman–Crippen LogP) is 2.70. The van der Waals surface area contributed by atoms with Gasteiger partial charge in [0.05, 0.1) is 17.6 Å². The Morgan fingerprint density at radius 2 is 2.03 bits per heavy atom. The Morgan fingerprint density at radius 3 is 2.69 bits per heavy atom. The van der Waals surface area contributed by atoms with Crippen molar-refractivity contribution >= 4 is 35.1 Å². The molecular formula is C20H20ClN7O4. The van der Waals surface area contributed by atoms with Crippen LogP contribution in [0.3, 0.4) is 0 Å². The fourth-order valence-corrected chi connectivity index (χ4v) is 3.20. The van der Waals surface area contributed by atoms with Gasteiger partial charge in [0.2, 0.25) is 0 Å². The fraction of sp³-hybridized carbons (Fsp3) is 0.300. The van der Waals surface area contributed by atoms with Gasteiger partial charge in [-0.3, -0.25) is 15.1 Å². The molecule has 0 unspecified atom stereocenters. The first-order chi connectivity index (χ1) is 15.3. The monoisotopic (exact) mass is 457 g/mol. The summed E-state index contributed by atoms with van der Waals surface area (Å²) in [4.78, 5) is 32.7. The molecule has 4 rings (SSSR count). The molecule has 2 amide bonds. The summed E-state index contributed by atoms with van der Waals surface area (Å²) in [7, 11) is 1.61. The van der Waals surface area contributed by atoms with Crippen LogP contribution in [0.1, 0.15) is 31.4 Å². The Morgan fingerprint density at radius 1 is 1.25 bits per heavy atom. The number of nitrogens with one attached hydrogen (secondary N) is 2. The second-order valence-corrected chi connectivity index (χ2v) is 7.74. The molecule has 0 aromatic carbocycles. The van der Waals surface area contributed by atoms with E-state index in [4.69, 9.17) is 16.3 Å². The normalized spacial score (nSPS) is 15.0. The van der Waals surface area contributed by atoms with Crippen LogP contribution in [0.15, 0.2) is 36.7 Å². The molecule has 1 fully saturated rings. The molecule has 1 aliphatic rings. The molecule has 3 N–H and O–H groups in total. The smallest absolute Gasteiger partial charge is 0.413 e. The zero-order valence-corrected chi connectivity index (χ0v) is 18.0. The van der Waals surface area contributed by atoms with Crippen LogP contribution in [0.25, 0.3) is 11.4 Å². The summed E-state index contributed by atoms with van der Waals surface area (Å²) in [5.74, 6) is -0.185. The van der Waals surface area contributed by atoms with Crippen LogP contribution >= 0.6 is 11.6 Å². The first kappa shape index (κ1) is 21.7. The van der Waals surface area contributed by atoms with Crippen LogP contribution in [0.5, 0.6) is 0 Å². The maximum Gasteiger partial charge on any atom is 0.413 e. The number of halogens is 1. The highest BCUT2D eigenvalue weighted by atomic mass is 35.5. The maximum atomic E-state index is 12.5. The van der Waals surface area contributed by atoms with Crippen molar-refractivity contribution in [3.63, 3.8) is 0 Å². The maximum absolute atomic E-state index is 12.5. The zero-order valence-electron chi connectivity index (χ0n) is 17.2. The van der Waals surface area contributed by atoms with Gasteiger partial charge in [0, 0.05) is 18.8 Å². The Balaban J connectivity index is 1.45. The van der Waals surface area contributed by atoms with Gasteiger partial charge < -0.3 is 15.2 Å². The van der Waals surface area contributed by atoms with E-state index in [2.05, 4.69) is 30.9 Å². The summed E-state index contributed by atoms with van der Waals surface area (Å²) >= 11 is 6.05. The SMILES string of the molecule is C[C@@H](OC(=O)Nc1c(-c2ccc(NC(=O)C3(O)CC3)cn2)nnn1C)c1cccnc1Cl. The summed E-state index contributed by atoms with van der Waals surface area (Å²) in [6.45, 7) is 1.68. The Bertz CT molecular complexity index is 1160. The number of ether oxygens (including phenoxy) is 1. The number of carbonyl (C=O) groups is 2. The molecule has 0 bridgehead atoms. The van der Waals surface area contributed by atoms with Crippen LogP contribution in [0.2, 0.25) is 5.15 Å². The highest BCUT2D eigenvalue weighted by molar-refractivity contribution is 6.30. The molecule has 32 heavy (non-hydrogen) atoms. The van der Waals surface area contributed by atoms with E-state index >= 15 is 0 Å². The molecule has 0 aliphatic heterocycles. The molecule has 166 valence electrons. The summed E-state index contributed by atoms with van der Waals surface area (Å²) in [6.07, 6.45) is 2.50. The van der Waals surface area contributed by atoms with Crippen molar-refractivity contribution in [1.82, 2.24) is 25.0 Å². The molecule has 0 spiro atoms. The minimum absolute atomic E-state index is 0.251. The summed E-state index contributed by atoms with van der Waals surface area (Å²) in [6, 6.07) is 6.65. The van der Waals surface area contributed by atoms with Crippen molar-refractivity contribution < 1.29 is 19.4 Å². The number of hydrogen-bond acceptors (Lipinski definition) is 8. The molecular weight excluding hydrogens is 438 g/mol. The quantitative estimate of drug-likeness (QED) is 0.479. The summed E-state index contributed by atoms with van der Waals surface area (Å²) in [5.41, 5.74) is 0.454. The molecule has 11 nitrogen and oxygen atoms in total. The predicted molar refractivity (Wildman–Crippen MR) is 115 cm³/mol. The number of amides is 2. The number of carbonyl (C=O) groups excluding carboxylic acids is 2. The second-order valence-electron chi connectivity index (χ2n) is 7.38. The van der Waals surface area contributed by atoms with E-state index in [1.165, 1.54) is 10.9 Å². The van der Waals surface area contributed by atoms with Crippen molar-refractivity contribution in [2.24, 2.45) is 7.05 Å². The van der Waals surface area contributed by atoms with E-state index in [0.29, 0.717) is 35.5 Å². The first-order valence-electron chi connectivity index (χ1n) is 9.75. The number of nitrogens with zero attached hydrogens (tertiary/aromatic N) is 5. The molecule has 12 heteroatoms. The van der Waals surface area contributed by atoms with Crippen molar-refractivity contribution in [1.29, 1.82) is 0 Å². The second kappa shape index (κ2) is 8.52. The van der Waals surface area contributed by atoms with Gasteiger partial charge >= 0.3 is 6.09 Å². The average Bonchev–Trinajstić information content (AvgIpc) is 3.43. The molecule has 3 aromatic rings. The van der Waals surface area contributed by atoms with Gasteiger partial charge in [0.15, 0.2) is 11.5 Å². The number of pyridine rings is 2. The lowest BCUT2D eigenvalue weighted by Crippen LogP contribution is -2.29. The molecule has 1 atom stereocenters. The Hall–Kier alpha value is -3.57. The van der Waals surface area contributed by atoms with E-state index in [0.717, 1.165) is 0 Å². The van der Waals surface area contributed by atoms with Crippen molar-refractivity contribution in [3.05, 3.63) is 47.4 Å². The molecule has 1 saturated carbocycles. The highest BCUT2D eigenvalue weighted by Crippen LogP contribution is 2.36. The third-order valence-corrected chi connectivity index (χ3v) is 5.28. The van der Waals surface area contributed by atoms with Crippen LogP contribution in [-0.2, 0) is 16.6 Å². The van der Waals surface area contributed by atoms with Crippen LogP contribution in [0.4, 0.5) is 16.3 Å². The molecule has 0 radical (unpaired) electrons. The number of anilines is 2. The number of aliphatic hydroxyl groups is 1. The minimum atomic E-state index is -1.28. The van der Waals surface area contributed by atoms with E-state index in [1.807, 2.05) is 0 Å². The lowest BCUT2D eigenvalue weighted by Gasteiger charge is -2.15. The van der Waals surface area contributed by atoms with E-state index in [-0.39, 0.29) is 11.0 Å². The van der Waals surface area contributed by atoms with E-state index < -0.39 is 23.7 Å². The largest absolute Gasteiger partial charge is 0.441 e. The zero-order chi connectivity index (χ0) is 22.9. The van der Waals surface area contributed by atoms with Gasteiger partial charge in [-0.15, -0.1) is 5.10 Å². The van der Waals surface area contributed by atoms with E-state index in [9.17, 15) is 14.7 Å². The van der Waals surface area contributed by atoms with Gasteiger partial charge in [0.25, 0.3) is 5.91 Å². The number of aryl methyl sites for hydroxylation is 1. The number of aromatic nitrogens is 5. The van der Waals surface area contributed by atoms with Gasteiger partial charge in [-0.05, 0) is 38.0 Å². The Labute approximate surface area is 187 Å². The molecule has 3 heterocycles. The fourth-order valence-electron chi connectivity index (χ4n) is 2.92. The summed E-state index contributed by atoms with van der Waals surface area (Å²) in [5, 5.41) is 23.3. The first-order valence-corrected chi connectivity index (χ1v) is 10.1. The lowest BCUT2D eigenvalue weighted by molar-refractivity contribution is -0.125. The van der Waals surface area contributed by atoms with Gasteiger partial charge in [-0.1, -0.05) is 22.9 Å². The lowest BCUT2D eigenvalue weighted by atomic mass is 10.2. The molecule has 0 saturated heterocycles. The third kappa shape index (κ3) is 4.53. The van der Waals surface area contributed by atoms with Crippen LogP contribution < -0.4 is 10.6 Å². The molecule has 3 aromatic heterocycles. The Kier molecular flexibility index (Phi) is 5.76. The summed E-state index contributed by atoms with van der Waals surface area (Å²) < 4.78 is 6.78. The standard InChI is InChI=1S/C20H20ClN7O4/c1-11(13-4-3-9-22-16(13)21)32-19(30)25-17-15(26-27-28(17)2)14-6-5-12(10-23-14)24-18(29)20(31)7-8-20/h3-6,9-11,31H,7-8H2,1-2H3,(H,24,29)(H,25,30)/t11-/m1/s1.